The lowest BCUT2D eigenvalue weighted by Gasteiger charge is -2.04. The number of carbonyl (C=O) groups is 2. The SMILES string of the molecule is CCCCC/C=C/C/C=C/CCCCCCCC(=O)CC(=O)CCCCCCCCCCCCCCC. The van der Waals surface area contributed by atoms with Crippen LogP contribution in [0, 0.1) is 0 Å². The fourth-order valence-electron chi connectivity index (χ4n) is 4.87. The lowest BCUT2D eigenvalue weighted by molar-refractivity contribution is -0.127. The van der Waals surface area contributed by atoms with E-state index >= 15 is 0 Å². The standard InChI is InChI=1S/C35H64O2/c1-3-5-7-9-11-13-15-17-18-20-22-24-26-28-30-32-35(37)33-34(36)31-29-27-25-23-21-19-16-14-12-10-8-6-4-2/h11,13,17-18H,3-10,12,14-16,19-33H2,1-2H3/b13-11+,18-17+. The Bertz CT molecular complexity index is 545. The molecule has 0 aliphatic carbocycles. The number of ketones is 2. The molecule has 2 heteroatoms. The van der Waals surface area contributed by atoms with E-state index in [-0.39, 0.29) is 18.0 Å². The van der Waals surface area contributed by atoms with Gasteiger partial charge in [-0.15, -0.1) is 0 Å². The van der Waals surface area contributed by atoms with Crippen LogP contribution in [0.3, 0.4) is 0 Å². The van der Waals surface area contributed by atoms with Gasteiger partial charge in [0, 0.05) is 12.8 Å². The Balaban J connectivity index is 3.37. The molecule has 2 nitrogen and oxygen atoms in total. The minimum absolute atomic E-state index is 0.158. The Labute approximate surface area is 232 Å². The summed E-state index contributed by atoms with van der Waals surface area (Å²) in [5, 5.41) is 0. The van der Waals surface area contributed by atoms with Crippen LogP contribution < -0.4 is 0 Å². The highest BCUT2D eigenvalue weighted by Gasteiger charge is 2.09. The number of hydrogen-bond donors (Lipinski definition) is 0. The van der Waals surface area contributed by atoms with Crippen LogP contribution in [0.15, 0.2) is 24.3 Å². The molecule has 0 N–H and O–H groups in total. The maximum absolute atomic E-state index is 12.1. The molecule has 0 aromatic rings. The molecule has 37 heavy (non-hydrogen) atoms. The summed E-state index contributed by atoms with van der Waals surface area (Å²) in [5.41, 5.74) is 0. The van der Waals surface area contributed by atoms with Crippen molar-refractivity contribution in [2.24, 2.45) is 0 Å². The smallest absolute Gasteiger partial charge is 0.140 e. The van der Waals surface area contributed by atoms with E-state index in [4.69, 9.17) is 0 Å². The van der Waals surface area contributed by atoms with E-state index in [1.807, 2.05) is 0 Å². The van der Waals surface area contributed by atoms with Crippen molar-refractivity contribution in [3.63, 3.8) is 0 Å². The van der Waals surface area contributed by atoms with Crippen molar-refractivity contribution < 1.29 is 9.59 Å². The Kier molecular flexibility index (Phi) is 30.1. The van der Waals surface area contributed by atoms with Gasteiger partial charge >= 0.3 is 0 Å². The molecule has 0 aliphatic heterocycles. The van der Waals surface area contributed by atoms with Crippen LogP contribution in [0.4, 0.5) is 0 Å². The molecule has 0 aromatic carbocycles. The first-order valence-electron chi connectivity index (χ1n) is 16.5. The average molecular weight is 517 g/mol. The van der Waals surface area contributed by atoms with Gasteiger partial charge in [0.15, 0.2) is 0 Å². The van der Waals surface area contributed by atoms with Gasteiger partial charge in [0.1, 0.15) is 11.6 Å². The summed E-state index contributed by atoms with van der Waals surface area (Å²) in [7, 11) is 0. The third-order valence-corrected chi connectivity index (χ3v) is 7.36. The third-order valence-electron chi connectivity index (χ3n) is 7.36. The highest BCUT2D eigenvalue weighted by atomic mass is 16.1. The van der Waals surface area contributed by atoms with E-state index in [9.17, 15) is 9.59 Å². The minimum atomic E-state index is 0.158. The van der Waals surface area contributed by atoms with Crippen molar-refractivity contribution in [1.82, 2.24) is 0 Å². The molecule has 0 saturated heterocycles. The predicted molar refractivity (Wildman–Crippen MR) is 164 cm³/mol. The number of carbonyl (C=O) groups excluding carboxylic acids is 2. The number of rotatable bonds is 30. The summed E-state index contributed by atoms with van der Waals surface area (Å²) < 4.78 is 0. The Morgan fingerprint density at radius 2 is 0.730 bits per heavy atom. The Morgan fingerprint density at radius 1 is 0.405 bits per heavy atom. The molecule has 0 bridgehead atoms. The van der Waals surface area contributed by atoms with Gasteiger partial charge in [-0.05, 0) is 44.9 Å². The molecule has 0 amide bonds. The normalized spacial score (nSPS) is 11.7. The predicted octanol–water partition coefficient (Wildman–Crippen LogP) is 11.8. The van der Waals surface area contributed by atoms with E-state index < -0.39 is 0 Å². The molecule has 0 fully saturated rings. The van der Waals surface area contributed by atoms with Gasteiger partial charge < -0.3 is 0 Å². The van der Waals surface area contributed by atoms with Gasteiger partial charge in [-0.25, -0.2) is 0 Å². The van der Waals surface area contributed by atoms with Gasteiger partial charge in [0.2, 0.25) is 0 Å². The van der Waals surface area contributed by atoms with Crippen molar-refractivity contribution in [2.45, 2.75) is 187 Å². The van der Waals surface area contributed by atoms with Crippen molar-refractivity contribution in [2.75, 3.05) is 0 Å². The molecule has 216 valence electrons. The van der Waals surface area contributed by atoms with Gasteiger partial charge in [0.25, 0.3) is 0 Å². The largest absolute Gasteiger partial charge is 0.299 e. The van der Waals surface area contributed by atoms with Gasteiger partial charge in [-0.2, -0.15) is 0 Å². The van der Waals surface area contributed by atoms with Crippen LogP contribution >= 0.6 is 0 Å². The van der Waals surface area contributed by atoms with Crippen LogP contribution in [-0.2, 0) is 9.59 Å². The zero-order valence-electron chi connectivity index (χ0n) is 25.2. The average Bonchev–Trinajstić information content (AvgIpc) is 2.89. The number of unbranched alkanes of at least 4 members (excludes halogenated alkanes) is 20. The Morgan fingerprint density at radius 3 is 1.16 bits per heavy atom. The van der Waals surface area contributed by atoms with E-state index in [0.29, 0.717) is 12.8 Å². The minimum Gasteiger partial charge on any atom is -0.299 e. The maximum Gasteiger partial charge on any atom is 0.140 e. The lowest BCUT2D eigenvalue weighted by Crippen LogP contribution is -2.07. The second kappa shape index (κ2) is 31.0. The fraction of sp³-hybridized carbons (Fsp3) is 0.829. The number of Topliss-reactive ketones (excluding diaryl/α,β-unsaturated/α-hetero) is 2. The van der Waals surface area contributed by atoms with E-state index in [1.165, 1.54) is 116 Å². The van der Waals surface area contributed by atoms with Gasteiger partial charge in [-0.1, -0.05) is 147 Å². The van der Waals surface area contributed by atoms with Crippen LogP contribution in [0.5, 0.6) is 0 Å². The van der Waals surface area contributed by atoms with Crippen LogP contribution in [0.25, 0.3) is 0 Å². The zero-order valence-corrected chi connectivity index (χ0v) is 25.2. The van der Waals surface area contributed by atoms with Crippen molar-refractivity contribution in [3.8, 4) is 0 Å². The second-order valence-electron chi connectivity index (χ2n) is 11.2. The monoisotopic (exact) mass is 516 g/mol. The summed E-state index contributed by atoms with van der Waals surface area (Å²) >= 11 is 0. The molecular weight excluding hydrogens is 452 g/mol. The van der Waals surface area contributed by atoms with Crippen molar-refractivity contribution >= 4 is 11.6 Å². The Hall–Kier alpha value is -1.18. The molecule has 0 heterocycles. The summed E-state index contributed by atoms with van der Waals surface area (Å²) in [5.74, 6) is 0.320. The first-order chi connectivity index (χ1) is 18.2. The summed E-state index contributed by atoms with van der Waals surface area (Å²) in [6.45, 7) is 4.52. The quantitative estimate of drug-likeness (QED) is 0.0540. The van der Waals surface area contributed by atoms with E-state index in [0.717, 1.165) is 38.5 Å². The molecule has 0 aromatic heterocycles. The van der Waals surface area contributed by atoms with Crippen LogP contribution in [-0.4, -0.2) is 11.6 Å². The van der Waals surface area contributed by atoms with Crippen LogP contribution in [0.1, 0.15) is 187 Å². The molecule has 0 atom stereocenters. The molecule has 0 saturated carbocycles. The molecule has 0 spiro atoms. The maximum atomic E-state index is 12.1. The second-order valence-corrected chi connectivity index (χ2v) is 11.2. The van der Waals surface area contributed by atoms with E-state index in [2.05, 4.69) is 38.2 Å². The topological polar surface area (TPSA) is 34.1 Å². The first kappa shape index (κ1) is 35.8. The molecule has 0 aliphatic rings. The third kappa shape index (κ3) is 30.9. The summed E-state index contributed by atoms with van der Waals surface area (Å²) in [4.78, 5) is 24.2. The summed E-state index contributed by atoms with van der Waals surface area (Å²) in [6, 6.07) is 0. The van der Waals surface area contributed by atoms with Crippen molar-refractivity contribution in [1.29, 1.82) is 0 Å². The highest BCUT2D eigenvalue weighted by Crippen LogP contribution is 2.14. The fourth-order valence-corrected chi connectivity index (χ4v) is 4.87. The first-order valence-corrected chi connectivity index (χ1v) is 16.5. The van der Waals surface area contributed by atoms with Crippen molar-refractivity contribution in [3.05, 3.63) is 24.3 Å². The lowest BCUT2D eigenvalue weighted by atomic mass is 10.0. The van der Waals surface area contributed by atoms with Gasteiger partial charge in [-0.3, -0.25) is 9.59 Å². The molecule has 0 rings (SSSR count). The van der Waals surface area contributed by atoms with Gasteiger partial charge in [0.05, 0.1) is 6.42 Å². The van der Waals surface area contributed by atoms with E-state index in [1.54, 1.807) is 0 Å². The summed E-state index contributed by atoms with van der Waals surface area (Å²) in [6.07, 6.45) is 40.8. The molecule has 0 unspecified atom stereocenters. The zero-order chi connectivity index (χ0) is 27.1. The number of hydrogen-bond acceptors (Lipinski definition) is 2. The number of allylic oxidation sites excluding steroid dienone is 4. The molecule has 0 radical (unpaired) electrons. The van der Waals surface area contributed by atoms with Crippen LogP contribution in [0.2, 0.25) is 0 Å². The highest BCUT2D eigenvalue weighted by molar-refractivity contribution is 5.98. The molecular formula is C35H64O2.